The summed E-state index contributed by atoms with van der Waals surface area (Å²) in [6.45, 7) is 5.44. The molecule has 1 aromatic rings. The molecule has 17 heavy (non-hydrogen) atoms. The highest BCUT2D eigenvalue weighted by Crippen LogP contribution is 2.25. The zero-order valence-electron chi connectivity index (χ0n) is 10.1. The fourth-order valence-corrected chi connectivity index (χ4v) is 1.39. The number of hydrogen-bond acceptors (Lipinski definition) is 3. The lowest BCUT2D eigenvalue weighted by Crippen LogP contribution is -2.36. The Bertz CT molecular complexity index is 460. The number of ether oxygens (including phenoxy) is 1. The van der Waals surface area contributed by atoms with Crippen LogP contribution >= 0.6 is 0 Å². The average Bonchev–Trinajstić information content (AvgIpc) is 2.26. The third-order valence-electron chi connectivity index (χ3n) is 2.08. The zero-order chi connectivity index (χ0) is 12.5. The van der Waals surface area contributed by atoms with Gasteiger partial charge in [-0.15, -0.1) is 5.06 Å². The molecule has 1 heterocycles. The van der Waals surface area contributed by atoms with E-state index < -0.39 is 11.7 Å². The number of carbonyl (C=O) groups excluding carboxylic acids is 1. The van der Waals surface area contributed by atoms with Crippen LogP contribution in [0.25, 0.3) is 6.08 Å². The van der Waals surface area contributed by atoms with E-state index in [9.17, 15) is 4.79 Å². The van der Waals surface area contributed by atoms with Gasteiger partial charge in [0.05, 0.1) is 6.20 Å². The predicted molar refractivity (Wildman–Crippen MR) is 64.2 cm³/mol. The van der Waals surface area contributed by atoms with Crippen molar-refractivity contribution in [2.75, 3.05) is 0 Å². The summed E-state index contributed by atoms with van der Waals surface area (Å²) in [5.74, 6) is 0.640. The second-order valence-electron chi connectivity index (χ2n) is 4.75. The quantitative estimate of drug-likeness (QED) is 0.690. The highest BCUT2D eigenvalue weighted by atomic mass is 16.7. The molecular formula is C13H15NO3. The number of fused-ring (bicyclic) bond motifs is 1. The summed E-state index contributed by atoms with van der Waals surface area (Å²) < 4.78 is 5.20. The van der Waals surface area contributed by atoms with Gasteiger partial charge < -0.3 is 9.57 Å². The second-order valence-corrected chi connectivity index (χ2v) is 4.75. The normalized spacial score (nSPS) is 13.9. The van der Waals surface area contributed by atoms with Crippen molar-refractivity contribution in [3.05, 3.63) is 36.0 Å². The van der Waals surface area contributed by atoms with E-state index in [4.69, 9.17) is 9.57 Å². The third-order valence-corrected chi connectivity index (χ3v) is 2.08. The molecule has 0 aliphatic carbocycles. The summed E-state index contributed by atoms with van der Waals surface area (Å²) in [6.07, 6.45) is 2.84. The molecule has 1 amide bonds. The second kappa shape index (κ2) is 4.13. The first-order valence-electron chi connectivity index (χ1n) is 5.43. The van der Waals surface area contributed by atoms with E-state index in [1.165, 1.54) is 0 Å². The van der Waals surface area contributed by atoms with Crippen LogP contribution in [0.5, 0.6) is 5.75 Å². The summed E-state index contributed by atoms with van der Waals surface area (Å²) in [7, 11) is 0. The molecule has 0 unspecified atom stereocenters. The minimum atomic E-state index is -0.536. The highest BCUT2D eigenvalue weighted by Gasteiger charge is 2.24. The van der Waals surface area contributed by atoms with Gasteiger partial charge in [0.25, 0.3) is 0 Å². The van der Waals surface area contributed by atoms with Crippen molar-refractivity contribution in [3.63, 3.8) is 0 Å². The number of hydroxylamine groups is 2. The van der Waals surface area contributed by atoms with E-state index in [2.05, 4.69) is 0 Å². The van der Waals surface area contributed by atoms with Gasteiger partial charge in [-0.25, -0.2) is 4.79 Å². The molecule has 4 heteroatoms. The van der Waals surface area contributed by atoms with Gasteiger partial charge in [-0.1, -0.05) is 18.2 Å². The van der Waals surface area contributed by atoms with Crippen LogP contribution in [0.2, 0.25) is 0 Å². The van der Waals surface area contributed by atoms with Gasteiger partial charge in [-0.2, -0.15) is 0 Å². The lowest BCUT2D eigenvalue weighted by Gasteiger charge is -2.26. The largest absolute Gasteiger partial charge is 0.448 e. The van der Waals surface area contributed by atoms with E-state index in [-0.39, 0.29) is 0 Å². The first kappa shape index (κ1) is 11.5. The fourth-order valence-electron chi connectivity index (χ4n) is 1.39. The number of amides is 1. The Hall–Kier alpha value is -1.97. The molecule has 0 aromatic heterocycles. The summed E-state index contributed by atoms with van der Waals surface area (Å²) in [6, 6.07) is 7.48. The molecule has 4 nitrogen and oxygen atoms in total. The number of carbonyl (C=O) groups is 1. The minimum Gasteiger partial charge on any atom is -0.441 e. The van der Waals surface area contributed by atoms with Crippen LogP contribution in [0, 0.1) is 0 Å². The van der Waals surface area contributed by atoms with E-state index in [0.717, 1.165) is 10.6 Å². The number of benzene rings is 1. The molecular weight excluding hydrogens is 218 g/mol. The van der Waals surface area contributed by atoms with Gasteiger partial charge in [-0.05, 0) is 32.9 Å². The molecule has 1 aliphatic heterocycles. The van der Waals surface area contributed by atoms with Crippen molar-refractivity contribution in [1.82, 2.24) is 5.06 Å². The van der Waals surface area contributed by atoms with Gasteiger partial charge in [0, 0.05) is 5.56 Å². The lowest BCUT2D eigenvalue weighted by molar-refractivity contribution is -0.0441. The van der Waals surface area contributed by atoms with Gasteiger partial charge in [0.1, 0.15) is 5.60 Å². The van der Waals surface area contributed by atoms with Crippen molar-refractivity contribution in [3.8, 4) is 5.75 Å². The van der Waals surface area contributed by atoms with Gasteiger partial charge in [0.15, 0.2) is 5.75 Å². The summed E-state index contributed by atoms with van der Waals surface area (Å²) >= 11 is 0. The van der Waals surface area contributed by atoms with Crippen LogP contribution in [0.4, 0.5) is 4.79 Å². The van der Waals surface area contributed by atoms with Crippen molar-refractivity contribution in [2.45, 2.75) is 26.4 Å². The summed E-state index contributed by atoms with van der Waals surface area (Å²) in [5.41, 5.74) is 0.401. The molecule has 0 bridgehead atoms. The summed E-state index contributed by atoms with van der Waals surface area (Å²) in [4.78, 5) is 17.2. The fraction of sp³-hybridized carbons (Fsp3) is 0.308. The zero-order valence-corrected chi connectivity index (χ0v) is 10.1. The van der Waals surface area contributed by atoms with E-state index in [1.807, 2.05) is 45.0 Å². The van der Waals surface area contributed by atoms with E-state index >= 15 is 0 Å². The lowest BCUT2D eigenvalue weighted by atomic mass is 10.2. The number of rotatable bonds is 0. The maximum absolute atomic E-state index is 11.8. The SMILES string of the molecule is CC(C)(C)OC(=O)N1C=Cc2ccccc2O1. The third kappa shape index (κ3) is 2.78. The Kier molecular flexibility index (Phi) is 2.79. The molecule has 0 saturated carbocycles. The van der Waals surface area contributed by atoms with Crippen LogP contribution in [0.15, 0.2) is 30.5 Å². The van der Waals surface area contributed by atoms with Crippen LogP contribution < -0.4 is 4.84 Å². The molecule has 0 saturated heterocycles. The standard InChI is InChI=1S/C13H15NO3/c1-13(2,3)16-12(15)14-9-8-10-6-4-5-7-11(10)17-14/h4-9H,1-3H3. The van der Waals surface area contributed by atoms with Crippen molar-refractivity contribution < 1.29 is 14.4 Å². The Labute approximate surface area is 100 Å². The molecule has 2 rings (SSSR count). The smallest absolute Gasteiger partial charge is 0.441 e. The Balaban J connectivity index is 2.11. The monoisotopic (exact) mass is 233 g/mol. The first-order chi connectivity index (χ1) is 7.96. The maximum Gasteiger partial charge on any atom is 0.448 e. The Morgan fingerprint density at radius 1 is 1.29 bits per heavy atom. The first-order valence-corrected chi connectivity index (χ1v) is 5.43. The molecule has 0 radical (unpaired) electrons. The van der Waals surface area contributed by atoms with Crippen molar-refractivity contribution >= 4 is 12.2 Å². The van der Waals surface area contributed by atoms with Gasteiger partial charge >= 0.3 is 6.09 Å². The van der Waals surface area contributed by atoms with Crippen LogP contribution in [0.1, 0.15) is 26.3 Å². The molecule has 0 N–H and O–H groups in total. The average molecular weight is 233 g/mol. The number of hydrogen-bond donors (Lipinski definition) is 0. The minimum absolute atomic E-state index is 0.525. The van der Waals surface area contributed by atoms with Crippen LogP contribution in [-0.2, 0) is 4.74 Å². The molecule has 1 aromatic carbocycles. The number of para-hydroxylation sites is 1. The molecule has 90 valence electrons. The van der Waals surface area contributed by atoms with Crippen molar-refractivity contribution in [2.24, 2.45) is 0 Å². The Morgan fingerprint density at radius 3 is 2.71 bits per heavy atom. The summed E-state index contributed by atoms with van der Waals surface area (Å²) in [5, 5.41) is 1.09. The van der Waals surface area contributed by atoms with Crippen molar-refractivity contribution in [1.29, 1.82) is 0 Å². The molecule has 0 spiro atoms. The van der Waals surface area contributed by atoms with Gasteiger partial charge in [0.2, 0.25) is 0 Å². The molecule has 0 atom stereocenters. The Morgan fingerprint density at radius 2 is 2.00 bits per heavy atom. The number of nitrogens with zero attached hydrogens (tertiary/aromatic N) is 1. The van der Waals surface area contributed by atoms with E-state index in [0.29, 0.717) is 5.75 Å². The topological polar surface area (TPSA) is 38.8 Å². The highest BCUT2D eigenvalue weighted by molar-refractivity contribution is 5.72. The van der Waals surface area contributed by atoms with Crippen LogP contribution in [0.3, 0.4) is 0 Å². The molecule has 1 aliphatic rings. The maximum atomic E-state index is 11.8. The van der Waals surface area contributed by atoms with Gasteiger partial charge in [-0.3, -0.25) is 0 Å². The van der Waals surface area contributed by atoms with E-state index in [1.54, 1.807) is 12.3 Å². The van der Waals surface area contributed by atoms with Crippen LogP contribution in [-0.4, -0.2) is 16.8 Å². The predicted octanol–water partition coefficient (Wildman–Crippen LogP) is 3.20. The molecule has 0 fully saturated rings.